The number of alkyl halides is 2. The number of hydrogen-bond donors (Lipinski definition) is 1. The molecule has 7 nitrogen and oxygen atoms in total. The highest BCUT2D eigenvalue weighted by molar-refractivity contribution is 5.88. The van der Waals surface area contributed by atoms with Crippen molar-refractivity contribution in [3.63, 3.8) is 0 Å². The zero-order chi connectivity index (χ0) is 24.7. The second kappa shape index (κ2) is 8.96. The molecule has 2 fully saturated rings. The Bertz CT molecular complexity index is 1320. The summed E-state index contributed by atoms with van der Waals surface area (Å²) >= 11 is 0. The van der Waals surface area contributed by atoms with Gasteiger partial charge in [0.05, 0.1) is 41.7 Å². The van der Waals surface area contributed by atoms with E-state index in [4.69, 9.17) is 9.47 Å². The number of pyridine rings is 1. The second-order valence-corrected chi connectivity index (χ2v) is 9.05. The number of ether oxygens (including phenoxy) is 2. The van der Waals surface area contributed by atoms with E-state index in [0.29, 0.717) is 60.2 Å². The molecule has 2 aromatic heterocycles. The molecule has 10 heteroatoms. The predicted molar refractivity (Wildman–Crippen MR) is 122 cm³/mol. The lowest BCUT2D eigenvalue weighted by molar-refractivity contribution is 0.137. The first-order chi connectivity index (χ1) is 16.8. The van der Waals surface area contributed by atoms with Crippen LogP contribution in [0.3, 0.4) is 0 Å². The van der Waals surface area contributed by atoms with Crippen molar-refractivity contribution >= 4 is 16.9 Å². The maximum absolute atomic E-state index is 14.8. The van der Waals surface area contributed by atoms with Crippen LogP contribution in [0.5, 0.6) is 5.88 Å². The monoisotopic (exact) mass is 483 g/mol. The van der Waals surface area contributed by atoms with Gasteiger partial charge in [0.2, 0.25) is 5.88 Å². The summed E-state index contributed by atoms with van der Waals surface area (Å²) in [4.78, 5) is 13.6. The number of hydrogen-bond acceptors (Lipinski definition) is 7. The molecule has 2 atom stereocenters. The van der Waals surface area contributed by atoms with Crippen LogP contribution in [0.25, 0.3) is 11.0 Å². The molecule has 1 aliphatic heterocycles. The van der Waals surface area contributed by atoms with E-state index in [1.54, 1.807) is 13.8 Å². The number of fused-ring (bicyclic) bond motifs is 1. The van der Waals surface area contributed by atoms with Gasteiger partial charge in [0, 0.05) is 17.5 Å². The van der Waals surface area contributed by atoms with E-state index in [1.807, 2.05) is 6.07 Å². The molecule has 0 bridgehead atoms. The second-order valence-electron chi connectivity index (χ2n) is 9.05. The largest absolute Gasteiger partial charge is 0.472 e. The number of rotatable bonds is 7. The third-order valence-corrected chi connectivity index (χ3v) is 6.52. The van der Waals surface area contributed by atoms with Crippen molar-refractivity contribution < 1.29 is 22.6 Å². The van der Waals surface area contributed by atoms with Crippen LogP contribution in [0.2, 0.25) is 0 Å². The van der Waals surface area contributed by atoms with Crippen LogP contribution in [0.15, 0.2) is 24.3 Å². The van der Waals surface area contributed by atoms with Crippen molar-refractivity contribution in [1.82, 2.24) is 15.0 Å². The molecule has 1 saturated carbocycles. The molecule has 1 saturated heterocycles. The molecule has 5 rings (SSSR count). The van der Waals surface area contributed by atoms with E-state index in [1.165, 1.54) is 12.1 Å². The van der Waals surface area contributed by atoms with Gasteiger partial charge in [-0.05, 0) is 32.8 Å². The summed E-state index contributed by atoms with van der Waals surface area (Å²) in [6, 6.07) is 7.46. The highest BCUT2D eigenvalue weighted by atomic mass is 19.3. The Labute approximate surface area is 200 Å². The number of nitrogens with one attached hydrogen (secondary N) is 1. The van der Waals surface area contributed by atoms with Crippen LogP contribution < -0.4 is 10.1 Å². The van der Waals surface area contributed by atoms with Crippen molar-refractivity contribution in [2.45, 2.75) is 57.1 Å². The van der Waals surface area contributed by atoms with Gasteiger partial charge in [-0.1, -0.05) is 18.2 Å². The molecule has 2 aliphatic rings. The molecule has 3 aromatic rings. The van der Waals surface area contributed by atoms with Crippen molar-refractivity contribution in [2.75, 3.05) is 18.5 Å². The summed E-state index contributed by atoms with van der Waals surface area (Å²) in [5.74, 6) is 0.206. The van der Waals surface area contributed by atoms with Gasteiger partial charge < -0.3 is 14.8 Å². The molecule has 0 unspecified atom stereocenters. The zero-order valence-electron chi connectivity index (χ0n) is 19.3. The summed E-state index contributed by atoms with van der Waals surface area (Å²) in [6.07, 6.45) is -0.966. The van der Waals surface area contributed by atoms with E-state index in [2.05, 4.69) is 26.3 Å². The molecule has 35 heavy (non-hydrogen) atoms. The van der Waals surface area contributed by atoms with Crippen LogP contribution in [0.4, 0.5) is 19.0 Å². The normalized spacial score (nSPS) is 19.5. The summed E-state index contributed by atoms with van der Waals surface area (Å²) < 4.78 is 52.7. The smallest absolute Gasteiger partial charge is 0.266 e. The summed E-state index contributed by atoms with van der Waals surface area (Å²) in [7, 11) is 0. The fourth-order valence-corrected chi connectivity index (χ4v) is 4.37. The molecule has 1 N–H and O–H groups in total. The Kier molecular flexibility index (Phi) is 5.97. The van der Waals surface area contributed by atoms with Gasteiger partial charge in [-0.15, -0.1) is 0 Å². The van der Waals surface area contributed by atoms with Crippen LogP contribution in [-0.2, 0) is 10.2 Å². The number of halogens is 3. The van der Waals surface area contributed by atoms with E-state index in [-0.39, 0.29) is 11.7 Å². The van der Waals surface area contributed by atoms with Gasteiger partial charge in [-0.25, -0.2) is 23.1 Å². The first-order valence-corrected chi connectivity index (χ1v) is 11.5. The van der Waals surface area contributed by atoms with Gasteiger partial charge >= 0.3 is 0 Å². The number of aromatic nitrogens is 3. The van der Waals surface area contributed by atoms with Crippen LogP contribution in [-0.4, -0.2) is 34.3 Å². The number of anilines is 1. The minimum absolute atomic E-state index is 0.0947. The number of nitriles is 1. The number of aryl methyl sites for hydroxylation is 1. The maximum Gasteiger partial charge on any atom is 0.266 e. The Hall–Kier alpha value is -3.45. The van der Waals surface area contributed by atoms with E-state index >= 15 is 0 Å². The van der Waals surface area contributed by atoms with Gasteiger partial charge in [0.15, 0.2) is 5.65 Å². The zero-order valence-corrected chi connectivity index (χ0v) is 19.3. The molecule has 0 spiro atoms. The minimum Gasteiger partial charge on any atom is -0.472 e. The van der Waals surface area contributed by atoms with Crippen molar-refractivity contribution in [3.8, 4) is 11.9 Å². The van der Waals surface area contributed by atoms with Gasteiger partial charge in [0.1, 0.15) is 23.6 Å². The standard InChI is InChI=1S/C25H24F3N5O2/c1-13(16-4-3-5-17(20(16)26)21(27)28)30-22-18-10-19(25(12-29)7-8-25)24(35-15-6-9-34-11-15)33-23(18)32-14(2)31-22/h3-5,10,13,15,21H,6-9,11H2,1-2H3,(H,30,31,32,33)/t13-,15-/m1/s1. The lowest BCUT2D eigenvalue weighted by atomic mass is 9.97. The molecule has 1 aromatic carbocycles. The van der Waals surface area contributed by atoms with Crippen LogP contribution in [0.1, 0.15) is 61.2 Å². The quantitative estimate of drug-likeness (QED) is 0.487. The first kappa shape index (κ1) is 23.3. The highest BCUT2D eigenvalue weighted by Crippen LogP contribution is 2.51. The summed E-state index contributed by atoms with van der Waals surface area (Å²) in [6.45, 7) is 4.43. The van der Waals surface area contributed by atoms with Gasteiger partial charge in [-0.2, -0.15) is 10.2 Å². The lowest BCUT2D eigenvalue weighted by Crippen LogP contribution is -2.20. The predicted octanol–water partition coefficient (Wildman–Crippen LogP) is 5.31. The van der Waals surface area contributed by atoms with Crippen LogP contribution >= 0.6 is 0 Å². The Morgan fingerprint density at radius 2 is 2.00 bits per heavy atom. The summed E-state index contributed by atoms with van der Waals surface area (Å²) in [5, 5.41) is 13.5. The molecular weight excluding hydrogens is 459 g/mol. The van der Waals surface area contributed by atoms with E-state index < -0.39 is 29.3 Å². The van der Waals surface area contributed by atoms with Crippen molar-refractivity contribution in [1.29, 1.82) is 5.26 Å². The molecule has 3 heterocycles. The SMILES string of the molecule is Cc1nc(N[C@H](C)c2cccc(C(F)F)c2F)c2cc(C3(C#N)CC3)c(O[C@@H]3CCOC3)nc2n1. The van der Waals surface area contributed by atoms with E-state index in [0.717, 1.165) is 12.5 Å². The molecular formula is C25H24F3N5O2. The number of nitrogens with zero attached hydrogens (tertiary/aromatic N) is 4. The molecule has 0 radical (unpaired) electrons. The molecule has 182 valence electrons. The average Bonchev–Trinajstić information content (AvgIpc) is 3.45. The average molecular weight is 483 g/mol. The topological polar surface area (TPSA) is 93.0 Å². The fourth-order valence-electron chi connectivity index (χ4n) is 4.37. The maximum atomic E-state index is 14.8. The summed E-state index contributed by atoms with van der Waals surface area (Å²) in [5.41, 5.74) is -0.223. The lowest BCUT2D eigenvalue weighted by Gasteiger charge is -2.21. The highest BCUT2D eigenvalue weighted by Gasteiger charge is 2.48. The Morgan fingerprint density at radius 1 is 1.23 bits per heavy atom. The Morgan fingerprint density at radius 3 is 2.66 bits per heavy atom. The van der Waals surface area contributed by atoms with Gasteiger partial charge in [-0.3, -0.25) is 0 Å². The van der Waals surface area contributed by atoms with Crippen molar-refractivity contribution in [3.05, 3.63) is 52.6 Å². The Balaban J connectivity index is 1.57. The third-order valence-electron chi connectivity index (χ3n) is 6.52. The first-order valence-electron chi connectivity index (χ1n) is 11.5. The fraction of sp³-hybridized carbons (Fsp3) is 0.440. The molecule has 0 amide bonds. The van der Waals surface area contributed by atoms with E-state index in [9.17, 15) is 18.4 Å². The number of benzene rings is 1. The van der Waals surface area contributed by atoms with Crippen LogP contribution in [0, 0.1) is 24.1 Å². The minimum atomic E-state index is -2.92. The van der Waals surface area contributed by atoms with Gasteiger partial charge in [0.25, 0.3) is 6.43 Å². The van der Waals surface area contributed by atoms with Crippen molar-refractivity contribution in [2.24, 2.45) is 0 Å². The molecule has 1 aliphatic carbocycles. The third kappa shape index (κ3) is 4.36.